The van der Waals surface area contributed by atoms with Gasteiger partial charge in [0.15, 0.2) is 5.65 Å². The minimum absolute atomic E-state index is 0.0178. The van der Waals surface area contributed by atoms with Crippen molar-refractivity contribution in [2.45, 2.75) is 16.7 Å². The molecule has 38 heavy (non-hydrogen) atoms. The molecule has 0 spiro atoms. The molecule has 186 valence electrons. The van der Waals surface area contributed by atoms with E-state index in [2.05, 4.69) is 11.1 Å². The lowest BCUT2D eigenvalue weighted by atomic mass is 10.0. The van der Waals surface area contributed by atoms with Crippen LogP contribution >= 0.6 is 0 Å². The van der Waals surface area contributed by atoms with Crippen molar-refractivity contribution in [3.05, 3.63) is 113 Å². The van der Waals surface area contributed by atoms with Crippen molar-refractivity contribution in [2.24, 2.45) is 7.05 Å². The molecule has 3 heterocycles. The summed E-state index contributed by atoms with van der Waals surface area (Å²) in [4.78, 5) is 18.6. The summed E-state index contributed by atoms with van der Waals surface area (Å²) in [6.07, 6.45) is 1.47. The molecular formula is C29H21N5O3S. The van der Waals surface area contributed by atoms with Gasteiger partial charge < -0.3 is 0 Å². The first-order valence-corrected chi connectivity index (χ1v) is 13.3. The Morgan fingerprint density at radius 2 is 1.50 bits per heavy atom. The van der Waals surface area contributed by atoms with Gasteiger partial charge in [-0.3, -0.25) is 13.9 Å². The molecule has 6 rings (SSSR count). The molecule has 3 aromatic heterocycles. The van der Waals surface area contributed by atoms with E-state index in [0.29, 0.717) is 22.4 Å². The Balaban J connectivity index is 1.81. The maximum Gasteiger partial charge on any atom is 0.279 e. The number of pyridine rings is 1. The molecule has 0 unspecified atom stereocenters. The van der Waals surface area contributed by atoms with E-state index >= 15 is 0 Å². The number of nitriles is 1. The molecule has 9 heteroatoms. The molecule has 0 bridgehead atoms. The van der Waals surface area contributed by atoms with Crippen molar-refractivity contribution < 1.29 is 8.42 Å². The highest BCUT2D eigenvalue weighted by molar-refractivity contribution is 7.91. The fourth-order valence-corrected chi connectivity index (χ4v) is 6.40. The molecule has 3 aromatic carbocycles. The SMILES string of the molecule is Cc1c(-c2c(S(=O)(=O)c3ccccc3)cn3c(nc4ccccc43)c2C#N)c(=O)n(-c2ccccc2)n1C. The van der Waals surface area contributed by atoms with Crippen molar-refractivity contribution >= 4 is 26.5 Å². The zero-order valence-corrected chi connectivity index (χ0v) is 21.3. The summed E-state index contributed by atoms with van der Waals surface area (Å²) >= 11 is 0. The highest BCUT2D eigenvalue weighted by Gasteiger charge is 2.32. The zero-order valence-electron chi connectivity index (χ0n) is 20.5. The standard InChI is InChI=1S/C29H21N5O3S/c1-19-26(29(35)34(32(19)2)20-11-5-3-6-12-20)27-22(17-30)28-31-23-15-9-10-16-24(23)33(28)18-25(27)38(36,37)21-13-7-4-8-14-21/h3-16,18H,1-2H3. The van der Waals surface area contributed by atoms with Crippen molar-refractivity contribution in [2.75, 3.05) is 0 Å². The first-order valence-electron chi connectivity index (χ1n) is 11.8. The second kappa shape index (κ2) is 8.57. The van der Waals surface area contributed by atoms with Crippen LogP contribution in [0.1, 0.15) is 11.3 Å². The van der Waals surface area contributed by atoms with Gasteiger partial charge in [0.2, 0.25) is 9.84 Å². The lowest BCUT2D eigenvalue weighted by Gasteiger charge is -2.14. The van der Waals surface area contributed by atoms with Gasteiger partial charge in [0.1, 0.15) is 11.6 Å². The zero-order chi connectivity index (χ0) is 26.6. The van der Waals surface area contributed by atoms with E-state index in [4.69, 9.17) is 0 Å². The van der Waals surface area contributed by atoms with E-state index in [1.807, 2.05) is 36.4 Å². The number of hydrogen-bond acceptors (Lipinski definition) is 5. The van der Waals surface area contributed by atoms with Gasteiger partial charge in [0, 0.05) is 24.5 Å². The molecule has 0 aliphatic heterocycles. The van der Waals surface area contributed by atoms with Gasteiger partial charge >= 0.3 is 0 Å². The molecule has 0 saturated heterocycles. The average Bonchev–Trinajstić information content (AvgIpc) is 3.42. The monoisotopic (exact) mass is 519 g/mol. The minimum atomic E-state index is -4.15. The normalized spacial score (nSPS) is 11.7. The van der Waals surface area contributed by atoms with Gasteiger partial charge in [0.25, 0.3) is 5.56 Å². The Morgan fingerprint density at radius 3 is 2.18 bits per heavy atom. The van der Waals surface area contributed by atoms with Crippen LogP contribution in [0.4, 0.5) is 0 Å². The molecule has 0 amide bonds. The first kappa shape index (κ1) is 23.5. The lowest BCUT2D eigenvalue weighted by Crippen LogP contribution is -2.20. The Labute approximate surface area is 218 Å². The molecule has 8 nitrogen and oxygen atoms in total. The van der Waals surface area contributed by atoms with E-state index in [1.54, 1.807) is 59.5 Å². The number of nitrogens with zero attached hydrogens (tertiary/aromatic N) is 5. The van der Waals surface area contributed by atoms with Gasteiger partial charge in [-0.2, -0.15) is 5.26 Å². The summed E-state index contributed by atoms with van der Waals surface area (Å²) in [5.74, 6) is 0. The molecule has 0 aliphatic rings. The van der Waals surface area contributed by atoms with Crippen LogP contribution in [0.2, 0.25) is 0 Å². The summed E-state index contributed by atoms with van der Waals surface area (Å²) in [6.45, 7) is 1.74. The third-order valence-corrected chi connectivity index (χ3v) is 8.60. The number of fused-ring (bicyclic) bond motifs is 3. The largest absolute Gasteiger partial charge is 0.297 e. The van der Waals surface area contributed by atoms with Crippen molar-refractivity contribution in [3.8, 4) is 22.9 Å². The highest BCUT2D eigenvalue weighted by Crippen LogP contribution is 2.37. The summed E-state index contributed by atoms with van der Waals surface area (Å²) in [6, 6.07) is 26.5. The predicted molar refractivity (Wildman–Crippen MR) is 144 cm³/mol. The number of imidazole rings is 1. The second-order valence-electron chi connectivity index (χ2n) is 8.90. The molecule has 0 N–H and O–H groups in total. The number of aromatic nitrogens is 4. The Hall–Kier alpha value is -4.94. The lowest BCUT2D eigenvalue weighted by molar-refractivity contribution is 0.596. The van der Waals surface area contributed by atoms with E-state index in [9.17, 15) is 18.5 Å². The third-order valence-electron chi connectivity index (χ3n) is 6.82. The van der Waals surface area contributed by atoms with E-state index in [1.165, 1.54) is 23.0 Å². The van der Waals surface area contributed by atoms with Gasteiger partial charge in [0.05, 0.1) is 32.1 Å². The average molecular weight is 520 g/mol. The summed E-state index contributed by atoms with van der Waals surface area (Å²) in [5.41, 5.74) is 2.45. The van der Waals surface area contributed by atoms with E-state index in [-0.39, 0.29) is 32.1 Å². The first-order chi connectivity index (χ1) is 18.3. The predicted octanol–water partition coefficient (Wildman–Crippen LogP) is 4.66. The van der Waals surface area contributed by atoms with Crippen molar-refractivity contribution in [1.29, 1.82) is 5.26 Å². The van der Waals surface area contributed by atoms with Gasteiger partial charge in [-0.25, -0.2) is 18.1 Å². The summed E-state index contributed by atoms with van der Waals surface area (Å²) in [7, 11) is -2.42. The summed E-state index contributed by atoms with van der Waals surface area (Å²) in [5, 5.41) is 10.4. The number of benzene rings is 3. The Bertz CT molecular complexity index is 2080. The van der Waals surface area contributed by atoms with Gasteiger partial charge in [-0.05, 0) is 43.3 Å². The van der Waals surface area contributed by atoms with Crippen LogP contribution in [-0.2, 0) is 16.9 Å². The van der Waals surface area contributed by atoms with Crippen LogP contribution < -0.4 is 5.56 Å². The van der Waals surface area contributed by atoms with Crippen LogP contribution in [0.25, 0.3) is 33.5 Å². The van der Waals surface area contributed by atoms with Crippen LogP contribution in [0.15, 0.2) is 106 Å². The van der Waals surface area contributed by atoms with Crippen LogP contribution in [-0.4, -0.2) is 27.2 Å². The third kappa shape index (κ3) is 3.31. The minimum Gasteiger partial charge on any atom is -0.297 e. The molecule has 6 aromatic rings. The molecular weight excluding hydrogens is 498 g/mol. The van der Waals surface area contributed by atoms with Gasteiger partial charge in [-0.1, -0.05) is 48.5 Å². The molecule has 0 fully saturated rings. The number of para-hydroxylation sites is 3. The fourth-order valence-electron chi connectivity index (χ4n) is 4.91. The molecule has 0 atom stereocenters. The van der Waals surface area contributed by atoms with E-state index in [0.717, 1.165) is 0 Å². The Kier molecular flexibility index (Phi) is 5.29. The highest BCUT2D eigenvalue weighted by atomic mass is 32.2. The maximum atomic E-state index is 14.1. The smallest absolute Gasteiger partial charge is 0.279 e. The van der Waals surface area contributed by atoms with Crippen LogP contribution in [0.3, 0.4) is 0 Å². The molecule has 0 radical (unpaired) electrons. The van der Waals surface area contributed by atoms with E-state index < -0.39 is 15.4 Å². The van der Waals surface area contributed by atoms with Crippen LogP contribution in [0.5, 0.6) is 0 Å². The number of hydrogen-bond donors (Lipinski definition) is 0. The maximum absolute atomic E-state index is 14.1. The topological polar surface area (TPSA) is 102 Å². The summed E-state index contributed by atoms with van der Waals surface area (Å²) < 4.78 is 33.0. The molecule has 0 aliphatic carbocycles. The fraction of sp³-hybridized carbons (Fsp3) is 0.0690. The molecule has 0 saturated carbocycles. The second-order valence-corrected chi connectivity index (χ2v) is 10.8. The van der Waals surface area contributed by atoms with Gasteiger partial charge in [-0.15, -0.1) is 0 Å². The van der Waals surface area contributed by atoms with Crippen molar-refractivity contribution in [3.63, 3.8) is 0 Å². The van der Waals surface area contributed by atoms with Crippen LogP contribution in [0, 0.1) is 18.3 Å². The Morgan fingerprint density at radius 1 is 0.868 bits per heavy atom. The number of rotatable bonds is 4. The number of sulfone groups is 1. The quantitative estimate of drug-likeness (QED) is 0.337. The van der Waals surface area contributed by atoms with Crippen molar-refractivity contribution in [1.82, 2.24) is 18.7 Å².